The van der Waals surface area contributed by atoms with Crippen LogP contribution in [0.25, 0.3) is 0 Å². The van der Waals surface area contributed by atoms with Crippen LogP contribution in [-0.4, -0.2) is 62.6 Å². The van der Waals surface area contributed by atoms with Gasteiger partial charge in [0.05, 0.1) is 12.5 Å². The molecule has 0 aromatic heterocycles. The van der Waals surface area contributed by atoms with Crippen LogP contribution in [0.1, 0.15) is 51.2 Å². The molecule has 32 heavy (non-hydrogen) atoms. The average molecular weight is 448 g/mol. The van der Waals surface area contributed by atoms with Gasteiger partial charge in [0, 0.05) is 56.7 Å². The van der Waals surface area contributed by atoms with Gasteiger partial charge < -0.3 is 30.1 Å². The van der Waals surface area contributed by atoms with Gasteiger partial charge in [-0.25, -0.2) is 0 Å². The molecule has 2 fully saturated rings. The number of aliphatic hydroxyl groups is 1. The predicted molar refractivity (Wildman–Crippen MR) is 127 cm³/mol. The second-order valence-corrected chi connectivity index (χ2v) is 9.29. The Hall–Kier alpha value is -1.83. The van der Waals surface area contributed by atoms with E-state index in [9.17, 15) is 9.90 Å². The molecule has 1 amide bonds. The summed E-state index contributed by atoms with van der Waals surface area (Å²) in [5, 5.41) is 15.8. The van der Waals surface area contributed by atoms with E-state index in [1.165, 1.54) is 11.3 Å². The molecule has 7 heteroatoms. The van der Waals surface area contributed by atoms with Gasteiger partial charge in [0.25, 0.3) is 0 Å². The number of hydrogen-bond acceptors (Lipinski definition) is 6. The fourth-order valence-corrected chi connectivity index (χ4v) is 5.13. The highest BCUT2D eigenvalue weighted by Crippen LogP contribution is 2.33. The van der Waals surface area contributed by atoms with Gasteiger partial charge in [0.2, 0.25) is 5.91 Å². The van der Waals surface area contributed by atoms with Gasteiger partial charge in [-0.05, 0) is 63.1 Å². The number of nitrogens with zero attached hydrogens (tertiary/aromatic N) is 1. The Morgan fingerprint density at radius 1 is 1.28 bits per heavy atom. The van der Waals surface area contributed by atoms with E-state index < -0.39 is 0 Å². The van der Waals surface area contributed by atoms with E-state index in [1.54, 1.807) is 0 Å². The number of rotatable bonds is 10. The van der Waals surface area contributed by atoms with Crippen molar-refractivity contribution in [2.75, 3.05) is 44.4 Å². The first kappa shape index (κ1) is 24.8. The van der Waals surface area contributed by atoms with E-state index in [2.05, 4.69) is 55.4 Å². The lowest BCUT2D eigenvalue weighted by Gasteiger charge is -2.37. The lowest BCUT2D eigenvalue weighted by molar-refractivity contribution is -0.129. The zero-order valence-corrected chi connectivity index (χ0v) is 20.2. The fourth-order valence-electron chi connectivity index (χ4n) is 5.13. The Morgan fingerprint density at radius 2 is 2.03 bits per heavy atom. The Kier molecular flexibility index (Phi) is 9.20. The number of carbonyl (C=O) groups excluding carboxylic acids is 1. The highest BCUT2D eigenvalue weighted by Gasteiger charge is 2.31. The van der Waals surface area contributed by atoms with E-state index >= 15 is 0 Å². The van der Waals surface area contributed by atoms with Crippen molar-refractivity contribution in [1.82, 2.24) is 10.6 Å². The van der Waals surface area contributed by atoms with Gasteiger partial charge >= 0.3 is 0 Å². The number of ether oxygens (including phenoxy) is 2. The largest absolute Gasteiger partial charge is 0.491 e. The quantitative estimate of drug-likeness (QED) is 0.512. The first-order valence-corrected chi connectivity index (χ1v) is 12.2. The molecule has 7 nitrogen and oxygen atoms in total. The second kappa shape index (κ2) is 11.9. The van der Waals surface area contributed by atoms with Crippen LogP contribution in [0.5, 0.6) is 5.75 Å². The van der Waals surface area contributed by atoms with E-state index in [0.29, 0.717) is 25.0 Å². The van der Waals surface area contributed by atoms with Crippen LogP contribution in [-0.2, 0) is 16.1 Å². The number of benzene rings is 1. The Labute approximate surface area is 192 Å². The summed E-state index contributed by atoms with van der Waals surface area (Å²) in [5.41, 5.74) is 3.58. The van der Waals surface area contributed by atoms with Gasteiger partial charge in [0.1, 0.15) is 12.4 Å². The zero-order valence-electron chi connectivity index (χ0n) is 20.2. The summed E-state index contributed by atoms with van der Waals surface area (Å²) < 4.78 is 11.4. The average Bonchev–Trinajstić information content (AvgIpc) is 2.77. The molecular weight excluding hydrogens is 406 g/mol. The molecule has 3 unspecified atom stereocenters. The molecule has 3 atom stereocenters. The molecule has 0 aliphatic carbocycles. The molecule has 3 rings (SSSR count). The molecule has 1 aromatic carbocycles. The summed E-state index contributed by atoms with van der Waals surface area (Å²) >= 11 is 0. The minimum absolute atomic E-state index is 0.00539. The Balaban J connectivity index is 1.76. The Morgan fingerprint density at radius 3 is 2.69 bits per heavy atom. The first-order chi connectivity index (χ1) is 15.4. The molecule has 2 aliphatic rings. The minimum Gasteiger partial charge on any atom is -0.491 e. The van der Waals surface area contributed by atoms with Crippen molar-refractivity contribution < 1.29 is 19.4 Å². The van der Waals surface area contributed by atoms with Gasteiger partial charge in [-0.1, -0.05) is 6.92 Å². The lowest BCUT2D eigenvalue weighted by atomic mass is 9.84. The fraction of sp³-hybridized carbons (Fsp3) is 0.720. The van der Waals surface area contributed by atoms with E-state index in [4.69, 9.17) is 9.47 Å². The molecule has 0 spiro atoms. The number of carbonyl (C=O) groups is 1. The molecule has 0 radical (unpaired) electrons. The third-order valence-electron chi connectivity index (χ3n) is 6.92. The maximum atomic E-state index is 12.4. The molecule has 1 aromatic rings. The van der Waals surface area contributed by atoms with Gasteiger partial charge in [0.15, 0.2) is 0 Å². The summed E-state index contributed by atoms with van der Waals surface area (Å²) in [6.45, 7) is 12.7. The van der Waals surface area contributed by atoms with Crippen LogP contribution in [0.2, 0.25) is 0 Å². The lowest BCUT2D eigenvalue weighted by Crippen LogP contribution is -2.49. The van der Waals surface area contributed by atoms with Crippen LogP contribution in [0.15, 0.2) is 12.1 Å². The SMILES string of the molecule is CCN(c1cc(OCCO)cc(CNCC2C(=O)NC(C)CC2C)c1C)C1CCOCC1. The molecule has 0 saturated carbocycles. The topological polar surface area (TPSA) is 83.1 Å². The molecule has 2 saturated heterocycles. The molecule has 2 aliphatic heterocycles. The van der Waals surface area contributed by atoms with E-state index in [-0.39, 0.29) is 31.1 Å². The molecular formula is C25H41N3O4. The number of piperidine rings is 1. The van der Waals surface area contributed by atoms with Crippen LogP contribution in [0.3, 0.4) is 0 Å². The Bertz CT molecular complexity index is 751. The maximum absolute atomic E-state index is 12.4. The summed E-state index contributed by atoms with van der Waals surface area (Å²) in [7, 11) is 0. The van der Waals surface area contributed by atoms with Gasteiger partial charge in [-0.2, -0.15) is 0 Å². The molecule has 0 bridgehead atoms. The monoisotopic (exact) mass is 447 g/mol. The molecule has 180 valence electrons. The summed E-state index contributed by atoms with van der Waals surface area (Å²) in [4.78, 5) is 14.9. The number of anilines is 1. The predicted octanol–water partition coefficient (Wildman–Crippen LogP) is 2.62. The zero-order chi connectivity index (χ0) is 23.1. The summed E-state index contributed by atoms with van der Waals surface area (Å²) in [6.07, 6.45) is 3.06. The van der Waals surface area contributed by atoms with Crippen LogP contribution < -0.4 is 20.3 Å². The van der Waals surface area contributed by atoms with Crippen LogP contribution in [0.4, 0.5) is 5.69 Å². The number of hydrogen-bond donors (Lipinski definition) is 3. The molecule has 3 N–H and O–H groups in total. The number of nitrogens with one attached hydrogen (secondary N) is 2. The van der Waals surface area contributed by atoms with Gasteiger partial charge in [-0.15, -0.1) is 0 Å². The number of aliphatic hydroxyl groups excluding tert-OH is 1. The minimum atomic E-state index is -0.0125. The third-order valence-corrected chi connectivity index (χ3v) is 6.92. The van der Waals surface area contributed by atoms with E-state index in [0.717, 1.165) is 50.3 Å². The van der Waals surface area contributed by atoms with Crippen LogP contribution in [0, 0.1) is 18.8 Å². The van der Waals surface area contributed by atoms with Crippen LogP contribution >= 0.6 is 0 Å². The van der Waals surface area contributed by atoms with Gasteiger partial charge in [-0.3, -0.25) is 4.79 Å². The summed E-state index contributed by atoms with van der Waals surface area (Å²) in [6, 6.07) is 4.87. The first-order valence-electron chi connectivity index (χ1n) is 12.2. The van der Waals surface area contributed by atoms with Crippen molar-refractivity contribution in [3.8, 4) is 5.75 Å². The van der Waals surface area contributed by atoms with E-state index in [1.807, 2.05) is 0 Å². The number of amides is 1. The van der Waals surface area contributed by atoms with Crippen molar-refractivity contribution >= 4 is 11.6 Å². The normalized spacial score (nSPS) is 24.3. The maximum Gasteiger partial charge on any atom is 0.224 e. The highest BCUT2D eigenvalue weighted by atomic mass is 16.5. The second-order valence-electron chi connectivity index (χ2n) is 9.29. The summed E-state index contributed by atoms with van der Waals surface area (Å²) in [5.74, 6) is 1.29. The smallest absolute Gasteiger partial charge is 0.224 e. The van der Waals surface area contributed by atoms with Crippen molar-refractivity contribution in [1.29, 1.82) is 0 Å². The van der Waals surface area contributed by atoms with Crippen molar-refractivity contribution in [2.45, 2.75) is 65.6 Å². The third kappa shape index (κ3) is 6.15. The van der Waals surface area contributed by atoms with Crippen molar-refractivity contribution in [2.24, 2.45) is 11.8 Å². The van der Waals surface area contributed by atoms with Crippen molar-refractivity contribution in [3.63, 3.8) is 0 Å². The molecule has 2 heterocycles. The highest BCUT2D eigenvalue weighted by molar-refractivity contribution is 5.80. The standard InChI is InChI=1S/C25H41N3O4/c1-5-28(21-6-9-31-10-7-21)24-14-22(32-11-8-29)13-20(19(24)4)15-26-16-23-17(2)12-18(3)27-25(23)30/h13-14,17-18,21,23,26,29H,5-12,15-16H2,1-4H3,(H,27,30). The van der Waals surface area contributed by atoms with Crippen molar-refractivity contribution in [3.05, 3.63) is 23.3 Å².